The fraction of sp³-hybridized carbons (Fsp3) is 0.143. The van der Waals surface area contributed by atoms with Crippen molar-refractivity contribution in [3.8, 4) is 5.75 Å². The molecule has 0 amide bonds. The zero-order chi connectivity index (χ0) is 17.3. The van der Waals surface area contributed by atoms with Gasteiger partial charge in [0.1, 0.15) is 5.75 Å². The molecular weight excluding hydrogens is 399 g/mol. The molecule has 0 aliphatic carbocycles. The van der Waals surface area contributed by atoms with Crippen molar-refractivity contribution in [2.45, 2.75) is 11.1 Å². The summed E-state index contributed by atoms with van der Waals surface area (Å²) in [6, 6.07) is 7.86. The fourth-order valence-electron chi connectivity index (χ4n) is 1.76. The lowest BCUT2D eigenvalue weighted by molar-refractivity contribution is -0.137. The Morgan fingerprint density at radius 1 is 1.09 bits per heavy atom. The van der Waals surface area contributed by atoms with Gasteiger partial charge in [0, 0.05) is 5.69 Å². The third kappa shape index (κ3) is 4.17. The van der Waals surface area contributed by atoms with Crippen LogP contribution in [-0.4, -0.2) is 15.5 Å². The first-order chi connectivity index (χ1) is 10.6. The summed E-state index contributed by atoms with van der Waals surface area (Å²) < 4.78 is 69.6. The number of halogens is 4. The number of sulfonamides is 1. The molecule has 0 fully saturated rings. The van der Waals surface area contributed by atoms with Crippen molar-refractivity contribution in [3.63, 3.8) is 0 Å². The SMILES string of the molecule is COc1ccc(S(=O)(=O)Nc2ccc(C(F)(F)F)cc2)cc1Br. The van der Waals surface area contributed by atoms with Gasteiger partial charge >= 0.3 is 6.18 Å². The van der Waals surface area contributed by atoms with Crippen LogP contribution in [0.5, 0.6) is 5.75 Å². The molecule has 0 aromatic heterocycles. The van der Waals surface area contributed by atoms with Crippen LogP contribution in [0, 0.1) is 0 Å². The molecule has 0 heterocycles. The number of hydrogen-bond acceptors (Lipinski definition) is 3. The van der Waals surface area contributed by atoms with Crippen LogP contribution in [0.4, 0.5) is 18.9 Å². The third-order valence-electron chi connectivity index (χ3n) is 2.90. The number of nitrogens with one attached hydrogen (secondary N) is 1. The van der Waals surface area contributed by atoms with Gasteiger partial charge < -0.3 is 4.74 Å². The van der Waals surface area contributed by atoms with E-state index >= 15 is 0 Å². The normalized spacial score (nSPS) is 12.0. The average Bonchev–Trinajstić information content (AvgIpc) is 2.46. The van der Waals surface area contributed by atoms with E-state index in [4.69, 9.17) is 4.74 Å². The van der Waals surface area contributed by atoms with Gasteiger partial charge in [0.2, 0.25) is 0 Å². The van der Waals surface area contributed by atoms with E-state index in [2.05, 4.69) is 20.7 Å². The maximum atomic E-state index is 12.5. The molecule has 0 atom stereocenters. The lowest BCUT2D eigenvalue weighted by Gasteiger charge is -2.11. The molecule has 2 rings (SSSR count). The Labute approximate surface area is 139 Å². The molecule has 9 heteroatoms. The Morgan fingerprint density at radius 3 is 2.17 bits per heavy atom. The van der Waals surface area contributed by atoms with Crippen LogP contribution in [0.2, 0.25) is 0 Å². The Hall–Kier alpha value is -1.74. The second-order valence-electron chi connectivity index (χ2n) is 4.48. The van der Waals surface area contributed by atoms with Gasteiger partial charge in [-0.1, -0.05) is 0 Å². The predicted octanol–water partition coefficient (Wildman–Crippen LogP) is 4.28. The van der Waals surface area contributed by atoms with Crippen molar-refractivity contribution in [2.24, 2.45) is 0 Å². The summed E-state index contributed by atoms with van der Waals surface area (Å²) in [5, 5.41) is 0. The van der Waals surface area contributed by atoms with Crippen LogP contribution in [0.25, 0.3) is 0 Å². The van der Waals surface area contributed by atoms with E-state index in [0.717, 1.165) is 24.3 Å². The van der Waals surface area contributed by atoms with Gasteiger partial charge in [-0.05, 0) is 58.4 Å². The van der Waals surface area contributed by atoms with Crippen LogP contribution in [-0.2, 0) is 16.2 Å². The predicted molar refractivity (Wildman–Crippen MR) is 82.9 cm³/mol. The fourth-order valence-corrected chi connectivity index (χ4v) is 3.53. The third-order valence-corrected chi connectivity index (χ3v) is 4.90. The van der Waals surface area contributed by atoms with E-state index in [-0.39, 0.29) is 10.6 Å². The summed E-state index contributed by atoms with van der Waals surface area (Å²) in [4.78, 5) is -0.0509. The van der Waals surface area contributed by atoms with E-state index in [1.54, 1.807) is 0 Å². The number of anilines is 1. The molecular formula is C14H11BrF3NO3S. The molecule has 0 saturated carbocycles. The highest BCUT2D eigenvalue weighted by molar-refractivity contribution is 9.10. The molecule has 4 nitrogen and oxygen atoms in total. The zero-order valence-corrected chi connectivity index (χ0v) is 14.1. The van der Waals surface area contributed by atoms with Crippen LogP contribution in [0.3, 0.4) is 0 Å². The molecule has 0 radical (unpaired) electrons. The van der Waals surface area contributed by atoms with Crippen molar-refractivity contribution >= 4 is 31.6 Å². The van der Waals surface area contributed by atoms with E-state index in [1.807, 2.05) is 0 Å². The Bertz CT molecular complexity index is 805. The summed E-state index contributed by atoms with van der Waals surface area (Å²) in [5.41, 5.74) is -0.822. The maximum Gasteiger partial charge on any atom is 0.416 e. The number of methoxy groups -OCH3 is 1. The molecule has 2 aromatic carbocycles. The quantitative estimate of drug-likeness (QED) is 0.819. The second-order valence-corrected chi connectivity index (χ2v) is 7.01. The van der Waals surface area contributed by atoms with Crippen LogP contribution in [0.15, 0.2) is 51.8 Å². The highest BCUT2D eigenvalue weighted by Crippen LogP contribution is 2.31. The first kappa shape index (κ1) is 17.6. The van der Waals surface area contributed by atoms with Crippen molar-refractivity contribution in [3.05, 3.63) is 52.5 Å². The largest absolute Gasteiger partial charge is 0.496 e. The first-order valence-electron chi connectivity index (χ1n) is 6.17. The van der Waals surface area contributed by atoms with Gasteiger partial charge in [0.15, 0.2) is 0 Å². The molecule has 23 heavy (non-hydrogen) atoms. The Kier molecular flexibility index (Phi) is 4.90. The summed E-state index contributed by atoms with van der Waals surface area (Å²) in [6.45, 7) is 0. The van der Waals surface area contributed by atoms with Gasteiger partial charge in [-0.3, -0.25) is 4.72 Å². The highest BCUT2D eigenvalue weighted by Gasteiger charge is 2.30. The summed E-state index contributed by atoms with van der Waals surface area (Å²) in [7, 11) is -2.49. The van der Waals surface area contributed by atoms with Crippen LogP contribution in [0.1, 0.15) is 5.56 Å². The maximum absolute atomic E-state index is 12.5. The first-order valence-corrected chi connectivity index (χ1v) is 8.45. The monoisotopic (exact) mass is 409 g/mol. The lowest BCUT2D eigenvalue weighted by Crippen LogP contribution is -2.13. The standard InChI is InChI=1S/C14H11BrF3NO3S/c1-22-13-7-6-11(8-12(13)15)23(20,21)19-10-4-2-9(3-5-10)14(16,17)18/h2-8,19H,1H3. The van der Waals surface area contributed by atoms with Crippen LogP contribution >= 0.6 is 15.9 Å². The summed E-state index contributed by atoms with van der Waals surface area (Å²) in [6.07, 6.45) is -4.47. The Balaban J connectivity index is 2.26. The molecule has 0 spiro atoms. The molecule has 2 aromatic rings. The van der Waals surface area contributed by atoms with Crippen molar-refractivity contribution in [1.82, 2.24) is 0 Å². The molecule has 1 N–H and O–H groups in total. The Morgan fingerprint density at radius 2 is 1.70 bits per heavy atom. The minimum Gasteiger partial charge on any atom is -0.496 e. The number of ether oxygens (including phenoxy) is 1. The number of rotatable bonds is 4. The number of benzene rings is 2. The topological polar surface area (TPSA) is 55.4 Å². The minimum absolute atomic E-state index is 0.0324. The van der Waals surface area contributed by atoms with Gasteiger partial charge in [0.05, 0.1) is 22.0 Å². The molecule has 0 aliphatic heterocycles. The average molecular weight is 410 g/mol. The number of alkyl halides is 3. The van der Waals surface area contributed by atoms with Gasteiger partial charge in [-0.25, -0.2) is 8.42 Å². The van der Waals surface area contributed by atoms with Crippen molar-refractivity contribution in [2.75, 3.05) is 11.8 Å². The second kappa shape index (κ2) is 6.40. The van der Waals surface area contributed by atoms with Gasteiger partial charge in [0.25, 0.3) is 10.0 Å². The van der Waals surface area contributed by atoms with Gasteiger partial charge in [-0.15, -0.1) is 0 Å². The van der Waals surface area contributed by atoms with Gasteiger partial charge in [-0.2, -0.15) is 13.2 Å². The summed E-state index contributed by atoms with van der Waals surface area (Å²) in [5.74, 6) is 0.457. The lowest BCUT2D eigenvalue weighted by atomic mass is 10.2. The molecule has 124 valence electrons. The number of hydrogen-bond donors (Lipinski definition) is 1. The summed E-state index contributed by atoms with van der Waals surface area (Å²) >= 11 is 3.17. The molecule has 0 aliphatic rings. The molecule has 0 unspecified atom stereocenters. The highest BCUT2D eigenvalue weighted by atomic mass is 79.9. The smallest absolute Gasteiger partial charge is 0.416 e. The van der Waals surface area contributed by atoms with E-state index < -0.39 is 21.8 Å². The zero-order valence-electron chi connectivity index (χ0n) is 11.7. The molecule has 0 saturated heterocycles. The van der Waals surface area contributed by atoms with Crippen molar-refractivity contribution in [1.29, 1.82) is 0 Å². The van der Waals surface area contributed by atoms with E-state index in [9.17, 15) is 21.6 Å². The van der Waals surface area contributed by atoms with Crippen LogP contribution < -0.4 is 9.46 Å². The van der Waals surface area contributed by atoms with E-state index in [1.165, 1.54) is 25.3 Å². The van der Waals surface area contributed by atoms with Crippen molar-refractivity contribution < 1.29 is 26.3 Å². The molecule has 0 bridgehead atoms. The van der Waals surface area contributed by atoms with E-state index in [0.29, 0.717) is 10.2 Å². The minimum atomic E-state index is -4.47.